The summed E-state index contributed by atoms with van der Waals surface area (Å²) in [5.41, 5.74) is 2.11. The van der Waals surface area contributed by atoms with Crippen molar-refractivity contribution < 1.29 is 4.74 Å². The van der Waals surface area contributed by atoms with E-state index in [4.69, 9.17) is 14.7 Å². The molecule has 0 unspecified atom stereocenters. The number of para-hydroxylation sites is 1. The van der Waals surface area contributed by atoms with Crippen molar-refractivity contribution in [1.82, 2.24) is 19.8 Å². The third-order valence-electron chi connectivity index (χ3n) is 4.78. The van der Waals surface area contributed by atoms with Crippen molar-refractivity contribution in [3.63, 3.8) is 0 Å². The van der Waals surface area contributed by atoms with E-state index < -0.39 is 0 Å². The maximum absolute atomic E-state index is 5.49. The molecule has 0 N–H and O–H groups in total. The molecule has 2 aromatic rings. The quantitative estimate of drug-likeness (QED) is 0.762. The Bertz CT molecular complexity index is 675. The maximum atomic E-state index is 5.49. The Balaban J connectivity index is 1.61. The first-order chi connectivity index (χ1) is 11.7. The van der Waals surface area contributed by atoms with Gasteiger partial charge in [-0.2, -0.15) is 0 Å². The summed E-state index contributed by atoms with van der Waals surface area (Å²) < 4.78 is 5.49. The zero-order valence-electron chi connectivity index (χ0n) is 15.0. The fraction of sp³-hybridized carbons (Fsp3) is 0.579. The van der Waals surface area contributed by atoms with Gasteiger partial charge in [0.05, 0.1) is 18.7 Å². The Hall–Kier alpha value is -1.56. The summed E-state index contributed by atoms with van der Waals surface area (Å²) in [6.07, 6.45) is 0. The van der Waals surface area contributed by atoms with Crippen LogP contribution in [0.5, 0.6) is 0 Å². The molecule has 1 atom stereocenters. The number of hydrogen-bond acceptors (Lipinski definition) is 5. The summed E-state index contributed by atoms with van der Waals surface area (Å²) in [7, 11) is 0. The Kier molecular flexibility index (Phi) is 5.76. The van der Waals surface area contributed by atoms with Crippen LogP contribution in [0.25, 0.3) is 10.9 Å². The number of ether oxygens (including phenoxy) is 1. The summed E-state index contributed by atoms with van der Waals surface area (Å²) in [6, 6.07) is 8.79. The fourth-order valence-corrected chi connectivity index (χ4v) is 3.44. The second-order valence-electron chi connectivity index (χ2n) is 6.56. The lowest BCUT2D eigenvalue weighted by Gasteiger charge is -2.39. The molecule has 0 spiro atoms. The standard InChI is InChI=1S/C19H28N4O/c1-4-24-12-11-23-10-9-22(13-15(23)2)14-19-20-16(3)17-7-5-6-8-18(17)21-19/h5-8,15H,4,9-14H2,1-3H3/t15-/m0/s1. The van der Waals surface area contributed by atoms with Gasteiger partial charge >= 0.3 is 0 Å². The summed E-state index contributed by atoms with van der Waals surface area (Å²) in [5.74, 6) is 0.932. The lowest BCUT2D eigenvalue weighted by atomic mass is 10.2. The largest absolute Gasteiger partial charge is 0.380 e. The van der Waals surface area contributed by atoms with Crippen molar-refractivity contribution in [3.05, 3.63) is 35.8 Å². The van der Waals surface area contributed by atoms with Gasteiger partial charge in [-0.15, -0.1) is 0 Å². The monoisotopic (exact) mass is 328 g/mol. The van der Waals surface area contributed by atoms with E-state index in [0.717, 1.165) is 68.4 Å². The molecule has 1 saturated heterocycles. The minimum atomic E-state index is 0.542. The molecular formula is C19H28N4O. The lowest BCUT2D eigenvalue weighted by molar-refractivity contribution is 0.0457. The second-order valence-corrected chi connectivity index (χ2v) is 6.56. The predicted molar refractivity (Wildman–Crippen MR) is 97.1 cm³/mol. The minimum absolute atomic E-state index is 0.542. The van der Waals surface area contributed by atoms with E-state index in [2.05, 4.69) is 35.8 Å². The van der Waals surface area contributed by atoms with E-state index in [1.54, 1.807) is 0 Å². The molecule has 0 amide bonds. The summed E-state index contributed by atoms with van der Waals surface area (Å²) in [6.45, 7) is 13.1. The van der Waals surface area contributed by atoms with Crippen molar-refractivity contribution in [1.29, 1.82) is 0 Å². The molecule has 1 aromatic carbocycles. The van der Waals surface area contributed by atoms with Crippen LogP contribution in [-0.2, 0) is 11.3 Å². The van der Waals surface area contributed by atoms with Crippen molar-refractivity contribution in [2.24, 2.45) is 0 Å². The smallest absolute Gasteiger partial charge is 0.143 e. The summed E-state index contributed by atoms with van der Waals surface area (Å²) in [5, 5.41) is 1.15. The first kappa shape index (κ1) is 17.3. The topological polar surface area (TPSA) is 41.5 Å². The number of benzene rings is 1. The highest BCUT2D eigenvalue weighted by Crippen LogP contribution is 2.17. The molecule has 1 aliphatic rings. The molecule has 1 fully saturated rings. The Labute approximate surface area is 144 Å². The molecule has 1 aliphatic heterocycles. The van der Waals surface area contributed by atoms with E-state index in [1.807, 2.05) is 19.1 Å². The first-order valence-corrected chi connectivity index (χ1v) is 8.93. The SMILES string of the molecule is CCOCCN1CCN(Cc2nc(C)c3ccccc3n2)C[C@@H]1C. The maximum Gasteiger partial charge on any atom is 0.143 e. The molecule has 5 heteroatoms. The van der Waals surface area contributed by atoms with Crippen LogP contribution in [0.4, 0.5) is 0 Å². The highest BCUT2D eigenvalue weighted by Gasteiger charge is 2.24. The van der Waals surface area contributed by atoms with E-state index in [1.165, 1.54) is 0 Å². The zero-order valence-corrected chi connectivity index (χ0v) is 15.0. The van der Waals surface area contributed by atoms with Crippen LogP contribution in [0.15, 0.2) is 24.3 Å². The van der Waals surface area contributed by atoms with E-state index in [0.29, 0.717) is 6.04 Å². The average Bonchev–Trinajstić information content (AvgIpc) is 2.57. The van der Waals surface area contributed by atoms with Crippen LogP contribution in [-0.4, -0.2) is 65.2 Å². The highest BCUT2D eigenvalue weighted by molar-refractivity contribution is 5.80. The van der Waals surface area contributed by atoms with Crippen molar-refractivity contribution >= 4 is 10.9 Å². The Morgan fingerprint density at radius 3 is 2.83 bits per heavy atom. The molecule has 0 aliphatic carbocycles. The number of piperazine rings is 1. The first-order valence-electron chi connectivity index (χ1n) is 8.93. The molecule has 0 radical (unpaired) electrons. The van der Waals surface area contributed by atoms with Crippen molar-refractivity contribution in [2.45, 2.75) is 33.4 Å². The van der Waals surface area contributed by atoms with Gasteiger partial charge in [0.2, 0.25) is 0 Å². The van der Waals surface area contributed by atoms with Gasteiger partial charge in [-0.3, -0.25) is 9.80 Å². The Morgan fingerprint density at radius 2 is 2.04 bits per heavy atom. The number of nitrogens with zero attached hydrogens (tertiary/aromatic N) is 4. The van der Waals surface area contributed by atoms with Crippen LogP contribution >= 0.6 is 0 Å². The van der Waals surface area contributed by atoms with Crippen molar-refractivity contribution in [3.8, 4) is 0 Å². The molecule has 24 heavy (non-hydrogen) atoms. The molecule has 5 nitrogen and oxygen atoms in total. The highest BCUT2D eigenvalue weighted by atomic mass is 16.5. The van der Waals surface area contributed by atoms with E-state index >= 15 is 0 Å². The normalized spacial score (nSPS) is 19.9. The van der Waals surface area contributed by atoms with Crippen LogP contribution in [0.1, 0.15) is 25.4 Å². The number of aromatic nitrogens is 2. The van der Waals surface area contributed by atoms with E-state index in [9.17, 15) is 0 Å². The van der Waals surface area contributed by atoms with Gasteiger partial charge in [0.1, 0.15) is 5.82 Å². The Morgan fingerprint density at radius 1 is 1.21 bits per heavy atom. The number of fused-ring (bicyclic) bond motifs is 1. The van der Waals surface area contributed by atoms with Crippen LogP contribution in [0.2, 0.25) is 0 Å². The van der Waals surface area contributed by atoms with Gasteiger partial charge < -0.3 is 4.74 Å². The summed E-state index contributed by atoms with van der Waals surface area (Å²) in [4.78, 5) is 14.4. The molecule has 0 bridgehead atoms. The van der Waals surface area contributed by atoms with Crippen LogP contribution in [0, 0.1) is 6.92 Å². The molecule has 3 rings (SSSR count). The molecular weight excluding hydrogens is 300 g/mol. The van der Waals surface area contributed by atoms with Gasteiger partial charge in [-0.1, -0.05) is 18.2 Å². The number of aryl methyl sites for hydroxylation is 1. The van der Waals surface area contributed by atoms with Gasteiger partial charge in [-0.25, -0.2) is 9.97 Å². The lowest BCUT2D eigenvalue weighted by Crippen LogP contribution is -2.52. The number of rotatable bonds is 6. The van der Waals surface area contributed by atoms with Gasteiger partial charge in [0.25, 0.3) is 0 Å². The molecule has 130 valence electrons. The zero-order chi connectivity index (χ0) is 16.9. The third-order valence-corrected chi connectivity index (χ3v) is 4.78. The summed E-state index contributed by atoms with van der Waals surface area (Å²) >= 11 is 0. The molecule has 1 aromatic heterocycles. The number of hydrogen-bond donors (Lipinski definition) is 0. The molecule has 0 saturated carbocycles. The predicted octanol–water partition coefficient (Wildman–Crippen LogP) is 2.48. The van der Waals surface area contributed by atoms with Crippen molar-refractivity contribution in [2.75, 3.05) is 39.4 Å². The van der Waals surface area contributed by atoms with Gasteiger partial charge in [0.15, 0.2) is 0 Å². The van der Waals surface area contributed by atoms with Crippen LogP contribution < -0.4 is 0 Å². The third kappa shape index (κ3) is 4.09. The second kappa shape index (κ2) is 8.01. The van der Waals surface area contributed by atoms with E-state index in [-0.39, 0.29) is 0 Å². The van der Waals surface area contributed by atoms with Gasteiger partial charge in [0, 0.05) is 49.9 Å². The fourth-order valence-electron chi connectivity index (χ4n) is 3.44. The minimum Gasteiger partial charge on any atom is -0.380 e. The van der Waals surface area contributed by atoms with Crippen LogP contribution in [0.3, 0.4) is 0 Å². The molecule has 2 heterocycles. The average molecular weight is 328 g/mol. The van der Waals surface area contributed by atoms with Gasteiger partial charge in [-0.05, 0) is 26.8 Å².